The molecule has 0 radical (unpaired) electrons. The predicted molar refractivity (Wildman–Crippen MR) is 53.8 cm³/mol. The maximum Gasteiger partial charge on any atom is 0.441 e. The van der Waals surface area contributed by atoms with Gasteiger partial charge in [-0.25, -0.2) is 0 Å². The summed E-state index contributed by atoms with van der Waals surface area (Å²) in [4.78, 5) is 2.00. The monoisotopic (exact) mass is 247 g/mol. The van der Waals surface area contributed by atoms with E-state index < -0.39 is 5.51 Å². The van der Waals surface area contributed by atoms with Gasteiger partial charge in [0.05, 0.1) is 0 Å². The summed E-state index contributed by atoms with van der Waals surface area (Å²) in [6.45, 7) is 2.08. The number of likely N-dealkylation sites (tertiary alicyclic amines) is 1. The summed E-state index contributed by atoms with van der Waals surface area (Å²) in [7, 11) is 0. The van der Waals surface area contributed by atoms with Gasteiger partial charge in [0.1, 0.15) is 0 Å². The molecule has 1 aliphatic rings. The number of nitrogens with zero attached hydrogens (tertiary/aromatic N) is 1. The SMILES string of the molecule is FC(F)(F)SCCN1CCCC(Cl)C1. The molecule has 1 heterocycles. The van der Waals surface area contributed by atoms with Crippen molar-refractivity contribution in [3.05, 3.63) is 0 Å². The van der Waals surface area contributed by atoms with Crippen LogP contribution < -0.4 is 0 Å². The van der Waals surface area contributed by atoms with E-state index in [1.165, 1.54) is 0 Å². The third kappa shape index (κ3) is 5.32. The van der Waals surface area contributed by atoms with Crippen LogP contribution in [0.3, 0.4) is 0 Å². The highest BCUT2D eigenvalue weighted by Gasteiger charge is 2.28. The van der Waals surface area contributed by atoms with Gasteiger partial charge >= 0.3 is 5.51 Å². The van der Waals surface area contributed by atoms with E-state index in [1.54, 1.807) is 0 Å². The van der Waals surface area contributed by atoms with Gasteiger partial charge in [-0.3, -0.25) is 0 Å². The fourth-order valence-corrected chi connectivity index (χ4v) is 2.42. The standard InChI is InChI=1S/C8H13ClF3NS/c9-7-2-1-3-13(6-7)4-5-14-8(10,11)12/h7H,1-6H2. The van der Waals surface area contributed by atoms with Gasteiger partial charge in [0.15, 0.2) is 0 Å². The van der Waals surface area contributed by atoms with Crippen molar-refractivity contribution in [3.8, 4) is 0 Å². The number of piperidine rings is 1. The maximum absolute atomic E-state index is 11.8. The van der Waals surface area contributed by atoms with Crippen LogP contribution in [-0.2, 0) is 0 Å². The Morgan fingerprint density at radius 2 is 2.14 bits per heavy atom. The lowest BCUT2D eigenvalue weighted by Gasteiger charge is -2.29. The molecule has 0 aromatic carbocycles. The van der Waals surface area contributed by atoms with E-state index in [-0.39, 0.29) is 22.9 Å². The molecule has 1 saturated heterocycles. The van der Waals surface area contributed by atoms with Crippen LogP contribution >= 0.6 is 23.4 Å². The van der Waals surface area contributed by atoms with Gasteiger partial charge in [-0.2, -0.15) is 13.2 Å². The second-order valence-electron chi connectivity index (χ2n) is 3.33. The summed E-state index contributed by atoms with van der Waals surface area (Å²) in [6, 6.07) is 0. The van der Waals surface area contributed by atoms with Crippen molar-refractivity contribution in [3.63, 3.8) is 0 Å². The van der Waals surface area contributed by atoms with Crippen molar-refractivity contribution in [1.82, 2.24) is 4.90 Å². The zero-order chi connectivity index (χ0) is 10.6. The minimum Gasteiger partial charge on any atom is -0.301 e. The zero-order valence-corrected chi connectivity index (χ0v) is 9.26. The molecule has 1 nitrogen and oxygen atoms in total. The van der Waals surface area contributed by atoms with Gasteiger partial charge in [-0.15, -0.1) is 11.6 Å². The second-order valence-corrected chi connectivity index (χ2v) is 5.11. The molecule has 0 bridgehead atoms. The summed E-state index contributed by atoms with van der Waals surface area (Å²) >= 11 is 5.95. The van der Waals surface area contributed by atoms with Crippen LogP contribution in [0.4, 0.5) is 13.2 Å². The Balaban J connectivity index is 2.12. The summed E-state index contributed by atoms with van der Waals surface area (Å²) in [6.07, 6.45) is 1.97. The highest BCUT2D eigenvalue weighted by Crippen LogP contribution is 2.30. The van der Waals surface area contributed by atoms with Gasteiger partial charge in [0, 0.05) is 24.2 Å². The largest absolute Gasteiger partial charge is 0.441 e. The first-order chi connectivity index (χ1) is 6.47. The molecule has 1 aliphatic heterocycles. The number of halogens is 4. The highest BCUT2D eigenvalue weighted by molar-refractivity contribution is 8.00. The third-order valence-electron chi connectivity index (χ3n) is 2.12. The Morgan fingerprint density at radius 3 is 2.71 bits per heavy atom. The molecule has 0 aromatic rings. The number of hydrogen-bond donors (Lipinski definition) is 0. The molecular formula is C8H13ClF3NS. The molecule has 0 aromatic heterocycles. The van der Waals surface area contributed by atoms with E-state index in [9.17, 15) is 13.2 Å². The molecule has 0 saturated carbocycles. The minimum absolute atomic E-state index is 0.0437. The Morgan fingerprint density at radius 1 is 1.43 bits per heavy atom. The van der Waals surface area contributed by atoms with Crippen molar-refractivity contribution in [2.75, 3.05) is 25.4 Å². The van der Waals surface area contributed by atoms with Gasteiger partial charge in [0.2, 0.25) is 0 Å². The smallest absolute Gasteiger partial charge is 0.301 e. The van der Waals surface area contributed by atoms with E-state index in [4.69, 9.17) is 11.6 Å². The zero-order valence-electron chi connectivity index (χ0n) is 7.69. The Labute approximate surface area is 91.0 Å². The van der Waals surface area contributed by atoms with Crippen LogP contribution in [0.15, 0.2) is 0 Å². The molecule has 84 valence electrons. The van der Waals surface area contributed by atoms with E-state index in [0.717, 1.165) is 25.9 Å². The van der Waals surface area contributed by atoms with Crippen molar-refractivity contribution in [1.29, 1.82) is 0 Å². The maximum atomic E-state index is 11.8. The van der Waals surface area contributed by atoms with Crippen LogP contribution in [0.25, 0.3) is 0 Å². The first-order valence-corrected chi connectivity index (χ1v) is 5.97. The summed E-state index contributed by atoms with van der Waals surface area (Å²) < 4.78 is 35.4. The highest BCUT2D eigenvalue weighted by atomic mass is 35.5. The fourth-order valence-electron chi connectivity index (χ4n) is 1.49. The van der Waals surface area contributed by atoms with Crippen LogP contribution in [0.1, 0.15) is 12.8 Å². The van der Waals surface area contributed by atoms with Crippen molar-refractivity contribution >= 4 is 23.4 Å². The Kier molecular flexibility index (Phi) is 4.87. The lowest BCUT2D eigenvalue weighted by molar-refractivity contribution is -0.0328. The average molecular weight is 248 g/mol. The molecule has 0 amide bonds. The number of alkyl halides is 4. The summed E-state index contributed by atoms with van der Waals surface area (Å²) in [5.74, 6) is 0.104. The number of rotatable bonds is 3. The molecule has 1 unspecified atom stereocenters. The minimum atomic E-state index is -4.10. The van der Waals surface area contributed by atoms with Gasteiger partial charge < -0.3 is 4.90 Å². The van der Waals surface area contributed by atoms with Crippen molar-refractivity contribution < 1.29 is 13.2 Å². The molecule has 0 N–H and O–H groups in total. The van der Waals surface area contributed by atoms with Gasteiger partial charge in [0.25, 0.3) is 0 Å². The quantitative estimate of drug-likeness (QED) is 0.706. The van der Waals surface area contributed by atoms with Crippen molar-refractivity contribution in [2.24, 2.45) is 0 Å². The Hall–Kier alpha value is 0.390. The molecule has 6 heteroatoms. The molecule has 0 spiro atoms. The first kappa shape index (κ1) is 12.5. The second kappa shape index (κ2) is 5.47. The molecule has 1 fully saturated rings. The third-order valence-corrected chi connectivity index (χ3v) is 3.19. The lowest BCUT2D eigenvalue weighted by Crippen LogP contribution is -2.37. The van der Waals surface area contributed by atoms with E-state index in [2.05, 4.69) is 0 Å². The van der Waals surface area contributed by atoms with E-state index >= 15 is 0 Å². The number of hydrogen-bond acceptors (Lipinski definition) is 2. The summed E-state index contributed by atoms with van der Waals surface area (Å²) in [5, 5.41) is 0.111. The first-order valence-electron chi connectivity index (χ1n) is 4.54. The van der Waals surface area contributed by atoms with E-state index in [0.29, 0.717) is 6.54 Å². The van der Waals surface area contributed by atoms with Crippen LogP contribution in [0.2, 0.25) is 0 Å². The molecule has 14 heavy (non-hydrogen) atoms. The molecule has 1 rings (SSSR count). The van der Waals surface area contributed by atoms with Crippen LogP contribution in [-0.4, -0.2) is 41.2 Å². The van der Waals surface area contributed by atoms with Gasteiger partial charge in [-0.05, 0) is 31.1 Å². The topological polar surface area (TPSA) is 3.24 Å². The molecule has 0 aliphatic carbocycles. The molecule has 1 atom stereocenters. The summed E-state index contributed by atoms with van der Waals surface area (Å²) in [5.41, 5.74) is -4.10. The average Bonchev–Trinajstić information content (AvgIpc) is 2.01. The predicted octanol–water partition coefficient (Wildman–Crippen LogP) is 2.94. The van der Waals surface area contributed by atoms with Crippen LogP contribution in [0.5, 0.6) is 0 Å². The normalized spacial score (nSPS) is 25.3. The lowest BCUT2D eigenvalue weighted by atomic mass is 10.1. The van der Waals surface area contributed by atoms with Gasteiger partial charge in [-0.1, -0.05) is 0 Å². The molecular weight excluding hydrogens is 235 g/mol. The number of thioether (sulfide) groups is 1. The van der Waals surface area contributed by atoms with E-state index in [1.807, 2.05) is 4.90 Å². The van der Waals surface area contributed by atoms with Crippen LogP contribution in [0, 0.1) is 0 Å². The Bertz CT molecular complexity index is 176. The van der Waals surface area contributed by atoms with Crippen molar-refractivity contribution in [2.45, 2.75) is 23.7 Å². The fraction of sp³-hybridized carbons (Fsp3) is 1.00.